The van der Waals surface area contributed by atoms with E-state index in [4.69, 9.17) is 4.42 Å². The van der Waals surface area contributed by atoms with Gasteiger partial charge in [-0.05, 0) is 62.2 Å². The van der Waals surface area contributed by atoms with Crippen LogP contribution in [-0.4, -0.2) is 15.5 Å². The summed E-state index contributed by atoms with van der Waals surface area (Å²) in [6, 6.07) is 14.5. The maximum absolute atomic E-state index is 13.4. The molecule has 0 aliphatic heterocycles. The number of aryl methyl sites for hydroxylation is 2. The number of anilines is 1. The monoisotopic (exact) mass is 413 g/mol. The molecule has 1 aromatic carbocycles. The SMILES string of the molecule is Cc1cccc(NC(=O)c2c(-c3cccnc3)n(Cc3ccco3)c(C)cc2=O)c1C. The molecule has 0 atom stereocenters. The van der Waals surface area contributed by atoms with Gasteiger partial charge in [-0.15, -0.1) is 0 Å². The van der Waals surface area contributed by atoms with Gasteiger partial charge in [-0.25, -0.2) is 0 Å². The molecule has 31 heavy (non-hydrogen) atoms. The minimum absolute atomic E-state index is 0.0751. The number of hydrogen-bond acceptors (Lipinski definition) is 4. The Morgan fingerprint density at radius 3 is 2.65 bits per heavy atom. The lowest BCUT2D eigenvalue weighted by Gasteiger charge is -2.20. The van der Waals surface area contributed by atoms with Gasteiger partial charge in [0.05, 0.1) is 18.5 Å². The molecule has 4 rings (SSSR count). The van der Waals surface area contributed by atoms with Gasteiger partial charge in [0.1, 0.15) is 11.3 Å². The standard InChI is InChI=1S/C25H23N3O3/c1-16-7-4-10-21(18(16)3)27-25(30)23-22(29)13-17(2)28(15-20-9-6-12-31-20)24(23)19-8-5-11-26-14-19/h4-14H,15H2,1-3H3,(H,27,30). The van der Waals surface area contributed by atoms with E-state index in [1.807, 2.05) is 61.7 Å². The summed E-state index contributed by atoms with van der Waals surface area (Å²) in [6.45, 7) is 6.15. The van der Waals surface area contributed by atoms with Crippen LogP contribution in [0.2, 0.25) is 0 Å². The van der Waals surface area contributed by atoms with Crippen molar-refractivity contribution in [3.8, 4) is 11.3 Å². The summed E-state index contributed by atoms with van der Waals surface area (Å²) in [5.41, 5.74) is 4.36. The quantitative estimate of drug-likeness (QED) is 0.513. The normalized spacial score (nSPS) is 10.8. The smallest absolute Gasteiger partial charge is 0.261 e. The predicted octanol–water partition coefficient (Wildman–Crippen LogP) is 4.73. The fourth-order valence-electron chi connectivity index (χ4n) is 3.62. The maximum Gasteiger partial charge on any atom is 0.261 e. The highest BCUT2D eigenvalue weighted by Crippen LogP contribution is 2.26. The molecule has 0 aliphatic rings. The Balaban J connectivity index is 1.89. The topological polar surface area (TPSA) is 77.1 Å². The first-order valence-corrected chi connectivity index (χ1v) is 10.0. The van der Waals surface area contributed by atoms with Crippen molar-refractivity contribution >= 4 is 11.6 Å². The number of benzene rings is 1. The van der Waals surface area contributed by atoms with Crippen LogP contribution in [0.15, 0.2) is 76.4 Å². The molecule has 156 valence electrons. The third-order valence-corrected chi connectivity index (χ3v) is 5.43. The zero-order valence-electron chi connectivity index (χ0n) is 17.7. The average Bonchev–Trinajstić information content (AvgIpc) is 3.27. The van der Waals surface area contributed by atoms with Crippen molar-refractivity contribution in [2.75, 3.05) is 5.32 Å². The van der Waals surface area contributed by atoms with E-state index in [9.17, 15) is 9.59 Å². The summed E-state index contributed by atoms with van der Waals surface area (Å²) in [4.78, 5) is 30.6. The summed E-state index contributed by atoms with van der Waals surface area (Å²) in [5, 5.41) is 2.93. The van der Waals surface area contributed by atoms with Crippen LogP contribution in [0.3, 0.4) is 0 Å². The number of nitrogens with one attached hydrogen (secondary N) is 1. The number of hydrogen-bond donors (Lipinski definition) is 1. The van der Waals surface area contributed by atoms with Crippen LogP contribution >= 0.6 is 0 Å². The molecule has 0 unspecified atom stereocenters. The van der Waals surface area contributed by atoms with E-state index >= 15 is 0 Å². The summed E-state index contributed by atoms with van der Waals surface area (Å²) in [7, 11) is 0. The molecular weight excluding hydrogens is 390 g/mol. The second-order valence-electron chi connectivity index (χ2n) is 7.48. The van der Waals surface area contributed by atoms with E-state index in [-0.39, 0.29) is 11.0 Å². The molecular formula is C25H23N3O3. The molecule has 0 bridgehead atoms. The number of nitrogens with zero attached hydrogens (tertiary/aromatic N) is 2. The first-order valence-electron chi connectivity index (χ1n) is 10.0. The zero-order chi connectivity index (χ0) is 22.0. The van der Waals surface area contributed by atoms with Crippen LogP contribution in [0.4, 0.5) is 5.69 Å². The number of pyridine rings is 2. The Morgan fingerprint density at radius 2 is 1.94 bits per heavy atom. The lowest BCUT2D eigenvalue weighted by molar-refractivity contribution is 0.102. The third kappa shape index (κ3) is 4.05. The van der Waals surface area contributed by atoms with Crippen LogP contribution in [-0.2, 0) is 6.54 Å². The summed E-state index contributed by atoms with van der Waals surface area (Å²) in [5.74, 6) is 0.267. The molecule has 0 saturated heterocycles. The van der Waals surface area contributed by atoms with Crippen LogP contribution < -0.4 is 10.7 Å². The van der Waals surface area contributed by atoms with E-state index in [0.717, 1.165) is 22.6 Å². The minimum Gasteiger partial charge on any atom is -0.467 e. The van der Waals surface area contributed by atoms with Crippen molar-refractivity contribution in [1.82, 2.24) is 9.55 Å². The highest BCUT2D eigenvalue weighted by Gasteiger charge is 2.23. The van der Waals surface area contributed by atoms with Crippen molar-refractivity contribution in [3.05, 3.63) is 106 Å². The van der Waals surface area contributed by atoms with Crippen LogP contribution in [0.1, 0.15) is 32.9 Å². The lowest BCUT2D eigenvalue weighted by Crippen LogP contribution is -2.27. The number of rotatable bonds is 5. The van der Waals surface area contributed by atoms with Crippen molar-refractivity contribution in [1.29, 1.82) is 0 Å². The molecule has 0 spiro atoms. The van der Waals surface area contributed by atoms with Crippen LogP contribution in [0.25, 0.3) is 11.3 Å². The fourth-order valence-corrected chi connectivity index (χ4v) is 3.62. The molecule has 6 heteroatoms. The Labute approximate surface area is 180 Å². The van der Waals surface area contributed by atoms with Gasteiger partial charge in [-0.1, -0.05) is 12.1 Å². The number of carbonyl (C=O) groups excluding carboxylic acids is 1. The summed E-state index contributed by atoms with van der Waals surface area (Å²) < 4.78 is 7.44. The Kier molecular flexibility index (Phi) is 5.54. The van der Waals surface area contributed by atoms with Crippen molar-refractivity contribution < 1.29 is 9.21 Å². The Hall–Kier alpha value is -3.93. The molecule has 1 amide bonds. The summed E-state index contributed by atoms with van der Waals surface area (Å²) >= 11 is 0. The second-order valence-corrected chi connectivity index (χ2v) is 7.48. The molecule has 1 N–H and O–H groups in total. The third-order valence-electron chi connectivity index (χ3n) is 5.43. The molecule has 3 heterocycles. The van der Waals surface area contributed by atoms with Gasteiger partial charge in [-0.3, -0.25) is 14.6 Å². The highest BCUT2D eigenvalue weighted by molar-refractivity contribution is 6.08. The highest BCUT2D eigenvalue weighted by atomic mass is 16.3. The predicted molar refractivity (Wildman–Crippen MR) is 120 cm³/mol. The fraction of sp³-hybridized carbons (Fsp3) is 0.160. The van der Waals surface area contributed by atoms with Gasteiger partial charge >= 0.3 is 0 Å². The van der Waals surface area contributed by atoms with Crippen LogP contribution in [0, 0.1) is 20.8 Å². The second kappa shape index (κ2) is 8.44. The molecule has 0 radical (unpaired) electrons. The van der Waals surface area contributed by atoms with Crippen molar-refractivity contribution in [2.45, 2.75) is 27.3 Å². The van der Waals surface area contributed by atoms with Crippen molar-refractivity contribution in [3.63, 3.8) is 0 Å². The van der Waals surface area contributed by atoms with Gasteiger partial charge in [0, 0.05) is 35.4 Å². The lowest BCUT2D eigenvalue weighted by atomic mass is 10.0. The zero-order valence-corrected chi connectivity index (χ0v) is 17.7. The molecule has 0 saturated carbocycles. The molecule has 0 aliphatic carbocycles. The summed E-state index contributed by atoms with van der Waals surface area (Å²) in [6.07, 6.45) is 4.91. The largest absolute Gasteiger partial charge is 0.467 e. The number of furan rings is 1. The molecule has 3 aromatic heterocycles. The van der Waals surface area contributed by atoms with Gasteiger partial charge in [0.2, 0.25) is 0 Å². The Bertz CT molecular complexity index is 1290. The average molecular weight is 413 g/mol. The van der Waals surface area contributed by atoms with Crippen LogP contribution in [0.5, 0.6) is 0 Å². The van der Waals surface area contributed by atoms with Gasteiger partial charge in [0.25, 0.3) is 5.91 Å². The number of aromatic nitrogens is 2. The van der Waals surface area contributed by atoms with E-state index < -0.39 is 5.91 Å². The van der Waals surface area contributed by atoms with Gasteiger partial charge < -0.3 is 14.3 Å². The molecule has 0 fully saturated rings. The Morgan fingerprint density at radius 1 is 1.10 bits per heavy atom. The first kappa shape index (κ1) is 20.3. The van der Waals surface area contributed by atoms with E-state index in [1.165, 1.54) is 6.07 Å². The van der Waals surface area contributed by atoms with Gasteiger partial charge in [-0.2, -0.15) is 0 Å². The van der Waals surface area contributed by atoms with E-state index in [0.29, 0.717) is 23.5 Å². The first-order chi connectivity index (χ1) is 15.0. The number of carbonyl (C=O) groups is 1. The molecule has 6 nitrogen and oxygen atoms in total. The minimum atomic E-state index is -0.453. The van der Waals surface area contributed by atoms with Gasteiger partial charge in [0.15, 0.2) is 5.43 Å². The van der Waals surface area contributed by atoms with E-state index in [1.54, 1.807) is 24.7 Å². The number of amides is 1. The van der Waals surface area contributed by atoms with Crippen molar-refractivity contribution in [2.24, 2.45) is 0 Å². The molecule has 4 aromatic rings. The maximum atomic E-state index is 13.4. The van der Waals surface area contributed by atoms with E-state index in [2.05, 4.69) is 10.3 Å².